The van der Waals surface area contributed by atoms with Crippen molar-refractivity contribution in [3.63, 3.8) is 0 Å². The summed E-state index contributed by atoms with van der Waals surface area (Å²) in [7, 11) is 0. The minimum atomic E-state index is -0.878. The molecule has 0 saturated heterocycles. The summed E-state index contributed by atoms with van der Waals surface area (Å²) in [6.07, 6.45) is 10.3. The van der Waals surface area contributed by atoms with Crippen LogP contribution in [0.5, 0.6) is 0 Å². The second kappa shape index (κ2) is 5.25. The van der Waals surface area contributed by atoms with E-state index in [-0.39, 0.29) is 0 Å². The number of aliphatic hydroxyl groups excluding tert-OH is 1. The lowest BCUT2D eigenvalue weighted by Crippen LogP contribution is -2.41. The van der Waals surface area contributed by atoms with Gasteiger partial charge in [0.15, 0.2) is 0 Å². The maximum absolute atomic E-state index is 10.4. The van der Waals surface area contributed by atoms with Gasteiger partial charge in [0, 0.05) is 12.6 Å². The second-order valence-electron chi connectivity index (χ2n) is 6.26. The van der Waals surface area contributed by atoms with Crippen molar-refractivity contribution in [3.05, 3.63) is 18.0 Å². The molecule has 106 valence electrons. The Labute approximate surface area is 114 Å². The van der Waals surface area contributed by atoms with Crippen LogP contribution >= 0.6 is 0 Å². The van der Waals surface area contributed by atoms with Crippen LogP contribution in [0.3, 0.4) is 0 Å². The third-order valence-corrected chi connectivity index (χ3v) is 4.85. The first kappa shape index (κ1) is 13.1. The summed E-state index contributed by atoms with van der Waals surface area (Å²) in [6.45, 7) is 0. The van der Waals surface area contributed by atoms with Gasteiger partial charge in [0.05, 0.1) is 23.4 Å². The van der Waals surface area contributed by atoms with Crippen LogP contribution in [0, 0.1) is 0 Å². The van der Waals surface area contributed by atoms with Gasteiger partial charge in [-0.15, -0.1) is 0 Å². The predicted octanol–water partition coefficient (Wildman–Crippen LogP) is 2.21. The lowest BCUT2D eigenvalue weighted by molar-refractivity contribution is -0.0693. The van der Waals surface area contributed by atoms with Crippen molar-refractivity contribution in [2.75, 3.05) is 0 Å². The first-order chi connectivity index (χ1) is 9.17. The molecule has 4 heteroatoms. The van der Waals surface area contributed by atoms with E-state index in [0.29, 0.717) is 12.5 Å². The first-order valence-electron chi connectivity index (χ1n) is 7.62. The predicted molar refractivity (Wildman–Crippen MR) is 72.9 cm³/mol. The third kappa shape index (κ3) is 2.70. The number of hydrogen-bond acceptors (Lipinski definition) is 3. The van der Waals surface area contributed by atoms with Gasteiger partial charge in [-0.25, -0.2) is 0 Å². The van der Waals surface area contributed by atoms with E-state index >= 15 is 0 Å². The summed E-state index contributed by atoms with van der Waals surface area (Å²) in [5.41, 5.74) is 0.0247. The highest BCUT2D eigenvalue weighted by molar-refractivity contribution is 5.05. The molecule has 0 bridgehead atoms. The lowest BCUT2D eigenvalue weighted by Gasteiger charge is -2.27. The zero-order chi connectivity index (χ0) is 13.3. The van der Waals surface area contributed by atoms with Crippen molar-refractivity contribution in [2.24, 2.45) is 0 Å². The van der Waals surface area contributed by atoms with Gasteiger partial charge in [-0.2, -0.15) is 5.10 Å². The minimum absolute atomic E-state index is 0.468. The topological polar surface area (TPSA) is 58.3 Å². The molecule has 0 aromatic carbocycles. The first-order valence-corrected chi connectivity index (χ1v) is 7.62. The zero-order valence-electron chi connectivity index (χ0n) is 11.5. The van der Waals surface area contributed by atoms with Crippen LogP contribution in [-0.4, -0.2) is 31.7 Å². The Morgan fingerprint density at radius 1 is 1.26 bits per heavy atom. The number of rotatable bonds is 4. The molecule has 1 atom stereocenters. The van der Waals surface area contributed by atoms with Crippen molar-refractivity contribution < 1.29 is 10.2 Å². The third-order valence-electron chi connectivity index (χ3n) is 4.85. The van der Waals surface area contributed by atoms with E-state index in [1.54, 1.807) is 0 Å². The normalized spacial score (nSPS) is 24.9. The smallest absolute Gasteiger partial charge is 0.0909 e. The van der Waals surface area contributed by atoms with Gasteiger partial charge in [0.2, 0.25) is 0 Å². The van der Waals surface area contributed by atoms with Gasteiger partial charge < -0.3 is 10.2 Å². The van der Waals surface area contributed by atoms with Gasteiger partial charge in [0.25, 0.3) is 0 Å². The standard InChI is InChI=1S/C15H24N2O2/c18-14(15(19)8-3-4-9-15)11-12-7-10-17(16-12)13-5-1-2-6-13/h7,10,13-14,18-19H,1-6,8-9,11H2. The van der Waals surface area contributed by atoms with Gasteiger partial charge in [-0.1, -0.05) is 25.7 Å². The quantitative estimate of drug-likeness (QED) is 0.876. The van der Waals surface area contributed by atoms with Gasteiger partial charge >= 0.3 is 0 Å². The number of aliphatic hydroxyl groups is 2. The van der Waals surface area contributed by atoms with Crippen LogP contribution in [0.15, 0.2) is 12.3 Å². The van der Waals surface area contributed by atoms with E-state index < -0.39 is 11.7 Å². The van der Waals surface area contributed by atoms with Gasteiger partial charge in [-0.05, 0) is 31.7 Å². The second-order valence-corrected chi connectivity index (χ2v) is 6.26. The average molecular weight is 264 g/mol. The van der Waals surface area contributed by atoms with E-state index in [0.717, 1.165) is 31.4 Å². The molecule has 1 aromatic rings. The molecule has 19 heavy (non-hydrogen) atoms. The molecule has 3 rings (SSSR count). The van der Waals surface area contributed by atoms with Gasteiger partial charge in [-0.3, -0.25) is 4.68 Å². The fourth-order valence-corrected chi connectivity index (χ4v) is 3.57. The lowest BCUT2D eigenvalue weighted by atomic mass is 9.92. The Bertz CT molecular complexity index is 418. The Hall–Kier alpha value is -0.870. The van der Waals surface area contributed by atoms with Crippen molar-refractivity contribution in [2.45, 2.75) is 75.5 Å². The van der Waals surface area contributed by atoms with E-state index in [2.05, 4.69) is 5.10 Å². The summed E-state index contributed by atoms with van der Waals surface area (Å²) < 4.78 is 2.05. The molecule has 2 aliphatic carbocycles. The van der Waals surface area contributed by atoms with Gasteiger partial charge in [0.1, 0.15) is 0 Å². The highest BCUT2D eigenvalue weighted by Crippen LogP contribution is 2.34. The fourth-order valence-electron chi connectivity index (χ4n) is 3.57. The molecule has 0 aliphatic heterocycles. The van der Waals surface area contributed by atoms with Crippen LogP contribution in [0.25, 0.3) is 0 Å². The van der Waals surface area contributed by atoms with Crippen LogP contribution in [-0.2, 0) is 6.42 Å². The summed E-state index contributed by atoms with van der Waals surface area (Å²) in [5.74, 6) is 0. The van der Waals surface area contributed by atoms with E-state index in [1.807, 2.05) is 16.9 Å². The van der Waals surface area contributed by atoms with E-state index in [4.69, 9.17) is 0 Å². The molecule has 2 fully saturated rings. The van der Waals surface area contributed by atoms with E-state index in [1.165, 1.54) is 25.7 Å². The molecule has 2 N–H and O–H groups in total. The van der Waals surface area contributed by atoms with Crippen molar-refractivity contribution in [3.8, 4) is 0 Å². The van der Waals surface area contributed by atoms with E-state index in [9.17, 15) is 10.2 Å². The molecule has 2 saturated carbocycles. The van der Waals surface area contributed by atoms with Crippen LogP contribution in [0.1, 0.15) is 63.1 Å². The summed E-state index contributed by atoms with van der Waals surface area (Å²) in [5, 5.41) is 25.2. The molecule has 0 spiro atoms. The van der Waals surface area contributed by atoms with Crippen molar-refractivity contribution in [1.82, 2.24) is 9.78 Å². The average Bonchev–Trinajstić information content (AvgIpc) is 3.08. The number of aromatic nitrogens is 2. The number of hydrogen-bond donors (Lipinski definition) is 2. The van der Waals surface area contributed by atoms with Crippen molar-refractivity contribution >= 4 is 0 Å². The molecule has 0 radical (unpaired) electrons. The highest BCUT2D eigenvalue weighted by Gasteiger charge is 2.38. The summed E-state index contributed by atoms with van der Waals surface area (Å²) in [4.78, 5) is 0. The van der Waals surface area contributed by atoms with Crippen LogP contribution < -0.4 is 0 Å². The number of nitrogens with zero attached hydrogens (tertiary/aromatic N) is 2. The largest absolute Gasteiger partial charge is 0.390 e. The molecule has 0 amide bonds. The van der Waals surface area contributed by atoms with Crippen LogP contribution in [0.2, 0.25) is 0 Å². The SMILES string of the molecule is OC(Cc1ccn(C2CCCC2)n1)C1(O)CCCC1. The Kier molecular flexibility index (Phi) is 3.63. The monoisotopic (exact) mass is 264 g/mol. The molecule has 2 aliphatic rings. The highest BCUT2D eigenvalue weighted by atomic mass is 16.3. The maximum Gasteiger partial charge on any atom is 0.0909 e. The summed E-state index contributed by atoms with van der Waals surface area (Å²) >= 11 is 0. The fraction of sp³-hybridized carbons (Fsp3) is 0.800. The molecular formula is C15H24N2O2. The molecule has 4 nitrogen and oxygen atoms in total. The summed E-state index contributed by atoms with van der Waals surface area (Å²) in [6, 6.07) is 2.53. The zero-order valence-corrected chi connectivity index (χ0v) is 11.5. The molecular weight excluding hydrogens is 240 g/mol. The molecule has 1 heterocycles. The Morgan fingerprint density at radius 2 is 1.95 bits per heavy atom. The van der Waals surface area contributed by atoms with Crippen molar-refractivity contribution in [1.29, 1.82) is 0 Å². The Morgan fingerprint density at radius 3 is 2.63 bits per heavy atom. The minimum Gasteiger partial charge on any atom is -0.390 e. The molecule has 1 unspecified atom stereocenters. The van der Waals surface area contributed by atoms with Crippen LogP contribution in [0.4, 0.5) is 0 Å². The Balaban J connectivity index is 1.63. The maximum atomic E-state index is 10.4. The molecule has 1 aromatic heterocycles.